The molecule has 1 aliphatic carbocycles. The molecule has 0 radical (unpaired) electrons. The summed E-state index contributed by atoms with van der Waals surface area (Å²) in [5.41, 5.74) is 5.84. The van der Waals surface area contributed by atoms with Gasteiger partial charge in [-0.25, -0.2) is 4.98 Å². The van der Waals surface area contributed by atoms with Gasteiger partial charge in [-0.05, 0) is 49.8 Å². The van der Waals surface area contributed by atoms with Crippen LogP contribution < -0.4 is 0 Å². The van der Waals surface area contributed by atoms with Gasteiger partial charge in [0.05, 0.1) is 0 Å². The molecule has 2 aromatic rings. The first-order valence-corrected chi connectivity index (χ1v) is 6.35. The molecular weight excluding hydrogens is 208 g/mol. The molecule has 0 fully saturated rings. The van der Waals surface area contributed by atoms with Gasteiger partial charge in [-0.15, -0.1) is 0 Å². The van der Waals surface area contributed by atoms with Gasteiger partial charge < -0.3 is 4.98 Å². The first-order chi connectivity index (χ1) is 8.25. The highest BCUT2D eigenvalue weighted by Crippen LogP contribution is 2.37. The van der Waals surface area contributed by atoms with Crippen LogP contribution in [0, 0.1) is 13.8 Å². The van der Waals surface area contributed by atoms with Crippen LogP contribution in [0.1, 0.15) is 46.8 Å². The Labute approximate surface area is 102 Å². The van der Waals surface area contributed by atoms with E-state index in [0.29, 0.717) is 5.92 Å². The second-order valence-corrected chi connectivity index (χ2v) is 5.07. The largest absolute Gasteiger partial charge is 0.348 e. The normalized spacial score (nSPS) is 19.1. The van der Waals surface area contributed by atoms with Crippen molar-refractivity contribution in [3.8, 4) is 0 Å². The predicted octanol–water partition coefficient (Wildman–Crippen LogP) is 3.49. The zero-order valence-electron chi connectivity index (χ0n) is 10.5. The Kier molecular flexibility index (Phi) is 2.50. The molecule has 2 nitrogen and oxygen atoms in total. The molecule has 1 N–H and O–H groups in total. The van der Waals surface area contributed by atoms with Crippen LogP contribution in [0.25, 0.3) is 0 Å². The number of hydrogen-bond acceptors (Lipinski definition) is 1. The van der Waals surface area contributed by atoms with E-state index in [9.17, 15) is 0 Å². The number of imidazole rings is 1. The molecule has 1 aromatic carbocycles. The zero-order chi connectivity index (χ0) is 11.8. The molecule has 0 aliphatic heterocycles. The van der Waals surface area contributed by atoms with Crippen molar-refractivity contribution in [1.29, 1.82) is 0 Å². The summed E-state index contributed by atoms with van der Waals surface area (Å²) < 4.78 is 0. The lowest BCUT2D eigenvalue weighted by atomic mass is 9.79. The number of aromatic nitrogens is 2. The van der Waals surface area contributed by atoms with Gasteiger partial charge in [0.1, 0.15) is 5.82 Å². The second-order valence-electron chi connectivity index (χ2n) is 5.07. The van der Waals surface area contributed by atoms with Crippen LogP contribution in [0.15, 0.2) is 24.5 Å². The topological polar surface area (TPSA) is 28.7 Å². The number of aromatic amines is 1. The van der Waals surface area contributed by atoms with Crippen LogP contribution >= 0.6 is 0 Å². The minimum absolute atomic E-state index is 0.465. The van der Waals surface area contributed by atoms with Crippen molar-refractivity contribution in [3.63, 3.8) is 0 Å². The van der Waals surface area contributed by atoms with Crippen molar-refractivity contribution in [3.05, 3.63) is 52.6 Å². The van der Waals surface area contributed by atoms with Gasteiger partial charge in [0.25, 0.3) is 0 Å². The highest BCUT2D eigenvalue weighted by molar-refractivity contribution is 5.44. The molecule has 1 heterocycles. The Morgan fingerprint density at radius 1 is 1.29 bits per heavy atom. The molecule has 0 amide bonds. The van der Waals surface area contributed by atoms with Crippen molar-refractivity contribution in [2.45, 2.75) is 39.0 Å². The Morgan fingerprint density at radius 3 is 2.94 bits per heavy atom. The third-order valence-electron chi connectivity index (χ3n) is 3.80. The van der Waals surface area contributed by atoms with E-state index < -0.39 is 0 Å². The minimum atomic E-state index is 0.465. The summed E-state index contributed by atoms with van der Waals surface area (Å²) in [5.74, 6) is 1.59. The van der Waals surface area contributed by atoms with E-state index in [0.717, 1.165) is 5.82 Å². The van der Waals surface area contributed by atoms with Crippen molar-refractivity contribution in [2.24, 2.45) is 0 Å². The summed E-state index contributed by atoms with van der Waals surface area (Å²) in [4.78, 5) is 7.72. The first-order valence-electron chi connectivity index (χ1n) is 6.35. The van der Waals surface area contributed by atoms with Crippen LogP contribution in [-0.4, -0.2) is 9.97 Å². The molecule has 0 bridgehead atoms. The van der Waals surface area contributed by atoms with E-state index in [2.05, 4.69) is 35.9 Å². The van der Waals surface area contributed by atoms with Gasteiger partial charge in [-0.3, -0.25) is 0 Å². The number of aryl methyl sites for hydroxylation is 2. The van der Waals surface area contributed by atoms with E-state index in [-0.39, 0.29) is 0 Å². The number of rotatable bonds is 1. The number of nitrogens with one attached hydrogen (secondary N) is 1. The second kappa shape index (κ2) is 4.02. The molecule has 0 saturated carbocycles. The number of H-pyrrole nitrogens is 1. The third-order valence-corrected chi connectivity index (χ3v) is 3.80. The molecule has 0 saturated heterocycles. The Bertz CT molecular complexity index is 526. The molecule has 1 aromatic heterocycles. The fraction of sp³-hybridized carbons (Fsp3) is 0.400. The van der Waals surface area contributed by atoms with Crippen molar-refractivity contribution in [1.82, 2.24) is 9.97 Å². The van der Waals surface area contributed by atoms with Crippen LogP contribution in [0.2, 0.25) is 0 Å². The summed E-state index contributed by atoms with van der Waals surface area (Å²) in [6.45, 7) is 4.41. The van der Waals surface area contributed by atoms with Crippen molar-refractivity contribution < 1.29 is 0 Å². The van der Waals surface area contributed by atoms with Crippen molar-refractivity contribution >= 4 is 0 Å². The lowest BCUT2D eigenvalue weighted by molar-refractivity contribution is 0.592. The SMILES string of the molecule is Cc1cc(C)c2c(c1)[C@H](c1ncc[nH]1)CCC2. The number of hydrogen-bond donors (Lipinski definition) is 1. The zero-order valence-corrected chi connectivity index (χ0v) is 10.5. The molecule has 17 heavy (non-hydrogen) atoms. The van der Waals surface area contributed by atoms with E-state index in [1.165, 1.54) is 36.0 Å². The van der Waals surface area contributed by atoms with Gasteiger partial charge in [-0.2, -0.15) is 0 Å². The number of fused-ring (bicyclic) bond motifs is 1. The maximum absolute atomic E-state index is 4.44. The van der Waals surface area contributed by atoms with Gasteiger partial charge in [-0.1, -0.05) is 17.7 Å². The van der Waals surface area contributed by atoms with Crippen LogP contribution in [0.5, 0.6) is 0 Å². The fourth-order valence-corrected chi connectivity index (χ4v) is 3.07. The molecule has 0 spiro atoms. The maximum Gasteiger partial charge on any atom is 0.113 e. The van der Waals surface area contributed by atoms with Crippen LogP contribution in [-0.2, 0) is 6.42 Å². The quantitative estimate of drug-likeness (QED) is 0.792. The van der Waals surface area contributed by atoms with E-state index in [4.69, 9.17) is 0 Å². The fourth-order valence-electron chi connectivity index (χ4n) is 3.07. The van der Waals surface area contributed by atoms with E-state index in [1.54, 1.807) is 5.56 Å². The molecule has 0 unspecified atom stereocenters. The minimum Gasteiger partial charge on any atom is -0.348 e. The maximum atomic E-state index is 4.44. The highest BCUT2D eigenvalue weighted by atomic mass is 14.9. The van der Waals surface area contributed by atoms with Gasteiger partial charge in [0, 0.05) is 18.3 Å². The van der Waals surface area contributed by atoms with Crippen LogP contribution in [0.3, 0.4) is 0 Å². The molecule has 1 atom stereocenters. The summed E-state index contributed by atoms with van der Waals surface area (Å²) in [5, 5.41) is 0. The number of nitrogens with zero attached hydrogens (tertiary/aromatic N) is 1. The molecule has 2 heteroatoms. The monoisotopic (exact) mass is 226 g/mol. The molecular formula is C15H18N2. The summed E-state index contributed by atoms with van der Waals surface area (Å²) in [6, 6.07) is 4.64. The van der Waals surface area contributed by atoms with Gasteiger partial charge >= 0.3 is 0 Å². The average Bonchev–Trinajstić information content (AvgIpc) is 2.81. The number of benzene rings is 1. The van der Waals surface area contributed by atoms with E-state index >= 15 is 0 Å². The van der Waals surface area contributed by atoms with Gasteiger partial charge in [0.15, 0.2) is 0 Å². The van der Waals surface area contributed by atoms with Gasteiger partial charge in [0.2, 0.25) is 0 Å². The van der Waals surface area contributed by atoms with Crippen molar-refractivity contribution in [2.75, 3.05) is 0 Å². The summed E-state index contributed by atoms with van der Waals surface area (Å²) in [6.07, 6.45) is 7.48. The lowest BCUT2D eigenvalue weighted by Crippen LogP contribution is -2.14. The Balaban J connectivity index is 2.13. The average molecular weight is 226 g/mol. The van der Waals surface area contributed by atoms with E-state index in [1.807, 2.05) is 12.4 Å². The third kappa shape index (κ3) is 1.78. The standard InChI is InChI=1S/C15H18N2/c1-10-8-11(2)12-4-3-5-13(14(12)9-10)15-16-6-7-17-15/h6-9,13H,3-5H2,1-2H3,(H,16,17)/t13-/m1/s1. The first kappa shape index (κ1) is 10.6. The summed E-state index contributed by atoms with van der Waals surface area (Å²) in [7, 11) is 0. The molecule has 88 valence electrons. The smallest absolute Gasteiger partial charge is 0.113 e. The summed E-state index contributed by atoms with van der Waals surface area (Å²) >= 11 is 0. The highest BCUT2D eigenvalue weighted by Gasteiger charge is 2.24. The predicted molar refractivity (Wildman–Crippen MR) is 69.3 cm³/mol. The lowest BCUT2D eigenvalue weighted by Gasteiger charge is -2.26. The Hall–Kier alpha value is -1.57. The van der Waals surface area contributed by atoms with Crippen LogP contribution in [0.4, 0.5) is 0 Å². The molecule has 3 rings (SSSR count). The Morgan fingerprint density at radius 2 is 2.18 bits per heavy atom. The molecule has 1 aliphatic rings.